The van der Waals surface area contributed by atoms with Crippen LogP contribution in [0, 0.1) is 6.92 Å². The first-order valence-corrected chi connectivity index (χ1v) is 4.75. The Morgan fingerprint density at radius 1 is 1.44 bits per heavy atom. The number of hydrogen-bond donors (Lipinski definition) is 2. The molecule has 2 aromatic rings. The Bertz CT molecular complexity index is 486. The minimum absolute atomic E-state index is 0.225. The maximum absolute atomic E-state index is 11.7. The van der Waals surface area contributed by atoms with Gasteiger partial charge >= 0.3 is 0 Å². The number of para-hydroxylation sites is 1. The molecule has 0 bridgehead atoms. The number of nitrogens with one attached hydrogen (secondary N) is 1. The van der Waals surface area contributed by atoms with Crippen LogP contribution in [0.25, 0.3) is 0 Å². The summed E-state index contributed by atoms with van der Waals surface area (Å²) < 4.78 is 4.59. The summed E-state index contributed by atoms with van der Waals surface area (Å²) in [4.78, 5) is 11.7. The summed E-state index contributed by atoms with van der Waals surface area (Å²) in [6.07, 6.45) is 1.34. The molecule has 16 heavy (non-hydrogen) atoms. The first-order chi connectivity index (χ1) is 7.68. The van der Waals surface area contributed by atoms with Gasteiger partial charge in [0.05, 0.1) is 11.4 Å². The molecule has 5 nitrogen and oxygen atoms in total. The standard InChI is InChI=1S/C11H11N3O2/c1-7-3-2-4-8(12)10(7)13-11(15)9-5-6-16-14-9/h2-6H,12H2,1H3,(H,13,15). The zero-order valence-electron chi connectivity index (χ0n) is 8.73. The minimum atomic E-state index is -0.338. The van der Waals surface area contributed by atoms with E-state index in [0.29, 0.717) is 11.4 Å². The molecule has 0 aliphatic carbocycles. The van der Waals surface area contributed by atoms with Crippen LogP contribution in [0.2, 0.25) is 0 Å². The van der Waals surface area contributed by atoms with E-state index in [9.17, 15) is 4.79 Å². The summed E-state index contributed by atoms with van der Waals surface area (Å²) in [6.45, 7) is 1.87. The first kappa shape index (κ1) is 10.2. The SMILES string of the molecule is Cc1cccc(N)c1NC(=O)c1ccon1. The van der Waals surface area contributed by atoms with E-state index in [-0.39, 0.29) is 11.6 Å². The Morgan fingerprint density at radius 2 is 2.25 bits per heavy atom. The maximum Gasteiger partial charge on any atom is 0.277 e. The fraction of sp³-hybridized carbons (Fsp3) is 0.0909. The van der Waals surface area contributed by atoms with Gasteiger partial charge in [0.15, 0.2) is 5.69 Å². The van der Waals surface area contributed by atoms with E-state index >= 15 is 0 Å². The summed E-state index contributed by atoms with van der Waals surface area (Å²) in [6, 6.07) is 6.92. The molecule has 82 valence electrons. The van der Waals surface area contributed by atoms with Crippen molar-refractivity contribution in [1.29, 1.82) is 0 Å². The summed E-state index contributed by atoms with van der Waals surface area (Å²) >= 11 is 0. The first-order valence-electron chi connectivity index (χ1n) is 4.75. The Morgan fingerprint density at radius 3 is 2.88 bits per heavy atom. The highest BCUT2D eigenvalue weighted by Crippen LogP contribution is 2.22. The maximum atomic E-state index is 11.7. The predicted octanol–water partition coefficient (Wildman–Crippen LogP) is 1.82. The molecule has 0 atom stereocenters. The number of hydrogen-bond acceptors (Lipinski definition) is 4. The number of nitrogen functional groups attached to an aromatic ring is 1. The number of amides is 1. The lowest BCUT2D eigenvalue weighted by atomic mass is 10.1. The molecule has 2 rings (SSSR count). The minimum Gasteiger partial charge on any atom is -0.397 e. The number of aryl methyl sites for hydroxylation is 1. The van der Waals surface area contributed by atoms with Crippen LogP contribution in [0.5, 0.6) is 0 Å². The van der Waals surface area contributed by atoms with E-state index < -0.39 is 0 Å². The molecule has 0 fully saturated rings. The monoisotopic (exact) mass is 217 g/mol. The Kier molecular flexibility index (Phi) is 2.59. The van der Waals surface area contributed by atoms with Crippen molar-refractivity contribution in [2.45, 2.75) is 6.92 Å². The normalized spacial score (nSPS) is 10.1. The number of benzene rings is 1. The van der Waals surface area contributed by atoms with E-state index in [0.717, 1.165) is 5.56 Å². The third-order valence-corrected chi connectivity index (χ3v) is 2.21. The fourth-order valence-corrected chi connectivity index (χ4v) is 1.37. The van der Waals surface area contributed by atoms with E-state index in [1.165, 1.54) is 12.3 Å². The summed E-state index contributed by atoms with van der Waals surface area (Å²) in [7, 11) is 0. The Hall–Kier alpha value is -2.30. The van der Waals surface area contributed by atoms with Crippen LogP contribution in [-0.2, 0) is 0 Å². The van der Waals surface area contributed by atoms with Gasteiger partial charge in [0.2, 0.25) is 0 Å². The second kappa shape index (κ2) is 4.06. The van der Waals surface area contributed by atoms with E-state index in [2.05, 4.69) is 15.0 Å². The van der Waals surface area contributed by atoms with Crippen molar-refractivity contribution in [3.63, 3.8) is 0 Å². The molecule has 1 amide bonds. The van der Waals surface area contributed by atoms with Crippen molar-refractivity contribution in [2.75, 3.05) is 11.1 Å². The van der Waals surface area contributed by atoms with Crippen LogP contribution in [0.1, 0.15) is 16.1 Å². The van der Waals surface area contributed by atoms with Gasteiger partial charge in [0.1, 0.15) is 6.26 Å². The van der Waals surface area contributed by atoms with Crippen molar-refractivity contribution in [2.24, 2.45) is 0 Å². The van der Waals surface area contributed by atoms with Gasteiger partial charge in [-0.2, -0.15) is 0 Å². The van der Waals surface area contributed by atoms with Crippen molar-refractivity contribution in [3.05, 3.63) is 41.8 Å². The predicted molar refractivity (Wildman–Crippen MR) is 60.0 cm³/mol. The van der Waals surface area contributed by atoms with E-state index in [1.807, 2.05) is 19.1 Å². The molecule has 5 heteroatoms. The average Bonchev–Trinajstić information content (AvgIpc) is 2.76. The smallest absolute Gasteiger partial charge is 0.277 e. The van der Waals surface area contributed by atoms with Gasteiger partial charge in [-0.25, -0.2) is 0 Å². The molecule has 0 spiro atoms. The van der Waals surface area contributed by atoms with Crippen molar-refractivity contribution >= 4 is 17.3 Å². The van der Waals surface area contributed by atoms with E-state index in [4.69, 9.17) is 5.73 Å². The fourth-order valence-electron chi connectivity index (χ4n) is 1.37. The van der Waals surface area contributed by atoms with Gasteiger partial charge < -0.3 is 15.6 Å². The number of carbonyl (C=O) groups excluding carboxylic acids is 1. The molecule has 0 aliphatic rings. The van der Waals surface area contributed by atoms with Crippen LogP contribution in [0.15, 0.2) is 35.1 Å². The van der Waals surface area contributed by atoms with Gasteiger partial charge in [-0.1, -0.05) is 17.3 Å². The summed E-state index contributed by atoms with van der Waals surface area (Å²) in [5.41, 5.74) is 8.02. The Balaban J connectivity index is 2.25. The zero-order valence-corrected chi connectivity index (χ0v) is 8.73. The van der Waals surface area contributed by atoms with Gasteiger partial charge in [0, 0.05) is 6.07 Å². The van der Waals surface area contributed by atoms with Crippen molar-refractivity contribution < 1.29 is 9.32 Å². The quantitative estimate of drug-likeness (QED) is 0.752. The number of nitrogens with two attached hydrogens (primary N) is 1. The molecular formula is C11H11N3O2. The van der Waals surface area contributed by atoms with E-state index in [1.54, 1.807) is 6.07 Å². The molecule has 3 N–H and O–H groups in total. The second-order valence-electron chi connectivity index (χ2n) is 3.38. The third-order valence-electron chi connectivity index (χ3n) is 2.21. The van der Waals surface area contributed by atoms with Gasteiger partial charge in [0.25, 0.3) is 5.91 Å². The highest BCUT2D eigenvalue weighted by Gasteiger charge is 2.11. The highest BCUT2D eigenvalue weighted by atomic mass is 16.5. The van der Waals surface area contributed by atoms with Gasteiger partial charge in [-0.05, 0) is 18.6 Å². The van der Waals surface area contributed by atoms with Crippen molar-refractivity contribution in [3.8, 4) is 0 Å². The lowest BCUT2D eigenvalue weighted by Crippen LogP contribution is -2.14. The molecule has 0 saturated heterocycles. The van der Waals surface area contributed by atoms with Gasteiger partial charge in [-0.3, -0.25) is 4.79 Å². The molecular weight excluding hydrogens is 206 g/mol. The zero-order chi connectivity index (χ0) is 11.5. The lowest BCUT2D eigenvalue weighted by molar-refractivity contribution is 0.101. The lowest BCUT2D eigenvalue weighted by Gasteiger charge is -2.09. The van der Waals surface area contributed by atoms with Crippen LogP contribution in [0.3, 0.4) is 0 Å². The van der Waals surface area contributed by atoms with Crippen molar-refractivity contribution in [1.82, 2.24) is 5.16 Å². The van der Waals surface area contributed by atoms with Crippen LogP contribution >= 0.6 is 0 Å². The Labute approximate surface area is 92.2 Å². The molecule has 1 heterocycles. The topological polar surface area (TPSA) is 81.1 Å². The summed E-state index contributed by atoms with van der Waals surface area (Å²) in [5.74, 6) is -0.338. The van der Waals surface area contributed by atoms with Crippen LogP contribution in [-0.4, -0.2) is 11.1 Å². The average molecular weight is 217 g/mol. The van der Waals surface area contributed by atoms with Gasteiger partial charge in [-0.15, -0.1) is 0 Å². The number of nitrogens with zero attached hydrogens (tertiary/aromatic N) is 1. The molecule has 0 saturated carbocycles. The number of anilines is 2. The van der Waals surface area contributed by atoms with Crippen LogP contribution in [0.4, 0.5) is 11.4 Å². The molecule has 0 radical (unpaired) electrons. The molecule has 0 aliphatic heterocycles. The number of rotatable bonds is 2. The molecule has 1 aromatic carbocycles. The highest BCUT2D eigenvalue weighted by molar-refractivity contribution is 6.04. The third kappa shape index (κ3) is 1.88. The number of carbonyl (C=O) groups is 1. The number of aromatic nitrogens is 1. The summed E-state index contributed by atoms with van der Waals surface area (Å²) in [5, 5.41) is 6.24. The molecule has 0 unspecified atom stereocenters. The van der Waals surface area contributed by atoms with Crippen LogP contribution < -0.4 is 11.1 Å². The molecule has 1 aromatic heterocycles. The largest absolute Gasteiger partial charge is 0.397 e. The second-order valence-corrected chi connectivity index (χ2v) is 3.38.